The zero-order valence-electron chi connectivity index (χ0n) is 22.4. The maximum absolute atomic E-state index is 13.1. The Balaban J connectivity index is 1.25. The first-order valence-electron chi connectivity index (χ1n) is 13.2. The molecule has 2 aliphatic rings. The largest absolute Gasteiger partial charge is 0.385 e. The predicted octanol–water partition coefficient (Wildman–Crippen LogP) is 2.54. The molecule has 2 aromatic rings. The molecule has 39 heavy (non-hydrogen) atoms. The Bertz CT molecular complexity index is 1270. The number of likely N-dealkylation sites (tertiary alicyclic amines) is 1. The van der Waals surface area contributed by atoms with Gasteiger partial charge < -0.3 is 19.9 Å². The molecule has 2 aromatic carbocycles. The van der Waals surface area contributed by atoms with Crippen molar-refractivity contribution < 1.29 is 27.5 Å². The highest BCUT2D eigenvalue weighted by Crippen LogP contribution is 2.28. The van der Waals surface area contributed by atoms with Gasteiger partial charge in [-0.05, 0) is 62.6 Å². The van der Waals surface area contributed by atoms with Gasteiger partial charge >= 0.3 is 0 Å². The van der Waals surface area contributed by atoms with Crippen LogP contribution in [-0.2, 0) is 29.1 Å². The van der Waals surface area contributed by atoms with Gasteiger partial charge in [0.2, 0.25) is 27.7 Å². The fourth-order valence-corrected chi connectivity index (χ4v) is 6.01. The fourth-order valence-electron chi connectivity index (χ4n) is 4.94. The number of carbonyl (C=O) groups excluding carboxylic acids is 3. The topological polar surface area (TPSA) is 125 Å². The monoisotopic (exact) mass is 556 g/mol. The van der Waals surface area contributed by atoms with E-state index in [1.807, 2.05) is 31.2 Å². The number of rotatable bonds is 10. The molecule has 0 aliphatic carbocycles. The van der Waals surface area contributed by atoms with Gasteiger partial charge in [0.15, 0.2) is 0 Å². The number of carbonyl (C=O) groups is 3. The fraction of sp³-hybridized carbons (Fsp3) is 0.464. The lowest BCUT2D eigenvalue weighted by Crippen LogP contribution is -2.44. The second kappa shape index (κ2) is 12.7. The van der Waals surface area contributed by atoms with Crippen LogP contribution in [-0.4, -0.2) is 70.9 Å². The maximum atomic E-state index is 13.1. The quantitative estimate of drug-likeness (QED) is 0.434. The summed E-state index contributed by atoms with van der Waals surface area (Å²) >= 11 is 0. The summed E-state index contributed by atoms with van der Waals surface area (Å²) in [5.74, 6) is -0.879. The van der Waals surface area contributed by atoms with Gasteiger partial charge in [-0.15, -0.1) is 0 Å². The van der Waals surface area contributed by atoms with Gasteiger partial charge in [-0.25, -0.2) is 13.1 Å². The molecule has 0 saturated carbocycles. The number of hydrogen-bond acceptors (Lipinski definition) is 6. The number of nitrogens with zero attached hydrogens (tertiary/aromatic N) is 2. The minimum atomic E-state index is -3.63. The van der Waals surface area contributed by atoms with Crippen LogP contribution in [0.3, 0.4) is 0 Å². The molecule has 2 fully saturated rings. The van der Waals surface area contributed by atoms with Crippen molar-refractivity contribution in [1.82, 2.24) is 9.62 Å². The number of methoxy groups -OCH3 is 1. The summed E-state index contributed by atoms with van der Waals surface area (Å²) in [7, 11) is -2.07. The van der Waals surface area contributed by atoms with Crippen LogP contribution in [0.1, 0.15) is 31.2 Å². The molecule has 0 bridgehead atoms. The molecule has 2 N–H and O–H groups in total. The molecule has 1 atom stereocenters. The van der Waals surface area contributed by atoms with E-state index < -0.39 is 10.0 Å². The Morgan fingerprint density at radius 3 is 2.31 bits per heavy atom. The van der Waals surface area contributed by atoms with Crippen molar-refractivity contribution in [3.05, 3.63) is 54.1 Å². The third-order valence-corrected chi connectivity index (χ3v) is 8.72. The highest BCUT2D eigenvalue weighted by Gasteiger charge is 2.38. The summed E-state index contributed by atoms with van der Waals surface area (Å²) < 4.78 is 32.2. The molecule has 2 saturated heterocycles. The molecule has 10 nitrogen and oxygen atoms in total. The van der Waals surface area contributed by atoms with Gasteiger partial charge in [-0.1, -0.05) is 17.7 Å². The molecule has 11 heteroatoms. The van der Waals surface area contributed by atoms with E-state index in [-0.39, 0.29) is 47.4 Å². The van der Waals surface area contributed by atoms with Crippen molar-refractivity contribution in [3.63, 3.8) is 0 Å². The van der Waals surface area contributed by atoms with Gasteiger partial charge in [-0.2, -0.15) is 0 Å². The Hall–Kier alpha value is -3.28. The van der Waals surface area contributed by atoms with Crippen LogP contribution in [0.25, 0.3) is 0 Å². The zero-order chi connectivity index (χ0) is 28.0. The number of hydrogen-bond donors (Lipinski definition) is 2. The summed E-state index contributed by atoms with van der Waals surface area (Å²) in [4.78, 5) is 42.1. The van der Waals surface area contributed by atoms with Crippen LogP contribution in [0.2, 0.25) is 0 Å². The predicted molar refractivity (Wildman–Crippen MR) is 148 cm³/mol. The first-order valence-corrected chi connectivity index (χ1v) is 14.7. The van der Waals surface area contributed by atoms with E-state index in [2.05, 4.69) is 10.0 Å². The van der Waals surface area contributed by atoms with Crippen molar-refractivity contribution in [2.45, 2.75) is 37.5 Å². The van der Waals surface area contributed by atoms with Gasteiger partial charge in [0.25, 0.3) is 0 Å². The van der Waals surface area contributed by atoms with Crippen molar-refractivity contribution in [1.29, 1.82) is 0 Å². The third kappa shape index (κ3) is 7.23. The summed E-state index contributed by atoms with van der Waals surface area (Å²) in [5.41, 5.74) is 2.43. The average Bonchev–Trinajstić information content (AvgIpc) is 3.33. The zero-order valence-corrected chi connectivity index (χ0v) is 23.2. The maximum Gasteiger partial charge on any atom is 0.240 e. The lowest BCUT2D eigenvalue weighted by Gasteiger charge is -2.33. The molecule has 4 rings (SSSR count). The van der Waals surface area contributed by atoms with Crippen LogP contribution < -0.4 is 14.9 Å². The van der Waals surface area contributed by atoms with E-state index in [1.165, 1.54) is 12.1 Å². The number of amides is 3. The third-order valence-electron chi connectivity index (χ3n) is 7.25. The molecule has 2 heterocycles. The lowest BCUT2D eigenvalue weighted by atomic mass is 9.94. The molecule has 3 amide bonds. The Labute approximate surface area is 229 Å². The van der Waals surface area contributed by atoms with Crippen LogP contribution in [0.4, 0.5) is 11.4 Å². The first kappa shape index (κ1) is 28.7. The van der Waals surface area contributed by atoms with E-state index in [1.54, 1.807) is 29.0 Å². The number of sulfonamides is 1. The van der Waals surface area contributed by atoms with E-state index in [0.717, 1.165) is 11.3 Å². The Kier molecular flexibility index (Phi) is 9.36. The number of aryl methyl sites for hydroxylation is 1. The van der Waals surface area contributed by atoms with Crippen LogP contribution in [0.5, 0.6) is 0 Å². The average molecular weight is 557 g/mol. The molecule has 0 aromatic heterocycles. The Morgan fingerprint density at radius 1 is 1.00 bits per heavy atom. The number of anilines is 2. The minimum absolute atomic E-state index is 0.0375. The molecular weight excluding hydrogens is 520 g/mol. The molecule has 210 valence electrons. The Morgan fingerprint density at radius 2 is 1.67 bits per heavy atom. The number of piperidine rings is 1. The number of benzene rings is 2. The van der Waals surface area contributed by atoms with Gasteiger partial charge in [0, 0.05) is 63.6 Å². The van der Waals surface area contributed by atoms with Crippen LogP contribution >= 0.6 is 0 Å². The number of ether oxygens (including phenoxy) is 1. The summed E-state index contributed by atoms with van der Waals surface area (Å²) in [5, 5.41) is 2.86. The van der Waals surface area contributed by atoms with Gasteiger partial charge in [0.05, 0.1) is 10.8 Å². The summed E-state index contributed by atoms with van der Waals surface area (Å²) in [6.07, 6.45) is 1.82. The molecule has 0 spiro atoms. The second-order valence-corrected chi connectivity index (χ2v) is 11.9. The lowest BCUT2D eigenvalue weighted by molar-refractivity contribution is -0.138. The minimum Gasteiger partial charge on any atom is -0.385 e. The molecule has 1 unspecified atom stereocenters. The van der Waals surface area contributed by atoms with Crippen LogP contribution in [0, 0.1) is 18.8 Å². The van der Waals surface area contributed by atoms with E-state index >= 15 is 0 Å². The highest BCUT2D eigenvalue weighted by atomic mass is 32.2. The van der Waals surface area contributed by atoms with Crippen molar-refractivity contribution in [2.24, 2.45) is 11.8 Å². The highest BCUT2D eigenvalue weighted by molar-refractivity contribution is 7.89. The van der Waals surface area contributed by atoms with Crippen molar-refractivity contribution in [2.75, 3.05) is 50.1 Å². The van der Waals surface area contributed by atoms with E-state index in [9.17, 15) is 22.8 Å². The van der Waals surface area contributed by atoms with Gasteiger partial charge in [-0.3, -0.25) is 14.4 Å². The second-order valence-electron chi connectivity index (χ2n) is 10.1. The van der Waals surface area contributed by atoms with Crippen molar-refractivity contribution >= 4 is 39.1 Å². The number of nitrogens with one attached hydrogen (secondary N) is 2. The van der Waals surface area contributed by atoms with Gasteiger partial charge in [0.1, 0.15) is 0 Å². The molecule has 0 radical (unpaired) electrons. The van der Waals surface area contributed by atoms with E-state index in [0.29, 0.717) is 51.2 Å². The first-order chi connectivity index (χ1) is 18.7. The smallest absolute Gasteiger partial charge is 0.240 e. The van der Waals surface area contributed by atoms with Crippen molar-refractivity contribution in [3.8, 4) is 0 Å². The standard InChI is InChI=1S/C28H36N4O6S/c1-20-4-8-24(9-5-20)32-19-22(18-26(32)33)28(35)31-15-12-21(13-16-31)27(34)30-23-6-10-25(11-7-23)39(36,37)29-14-3-17-38-2/h4-11,21-22,29H,3,12-19H2,1-2H3,(H,30,34). The summed E-state index contributed by atoms with van der Waals surface area (Å²) in [6.45, 7) is 4.01. The van der Waals surface area contributed by atoms with E-state index in [4.69, 9.17) is 4.74 Å². The van der Waals surface area contributed by atoms with Crippen LogP contribution in [0.15, 0.2) is 53.4 Å². The molecular formula is C28H36N4O6S. The summed E-state index contributed by atoms with van der Waals surface area (Å²) in [6, 6.07) is 13.8. The molecule has 2 aliphatic heterocycles. The normalized spacial score (nSPS) is 18.4. The SMILES string of the molecule is COCCCNS(=O)(=O)c1ccc(NC(=O)C2CCN(C(=O)C3CC(=O)N(c4ccc(C)cc4)C3)CC2)cc1.